The van der Waals surface area contributed by atoms with Gasteiger partial charge in [-0.15, -0.1) is 0 Å². The maximum absolute atomic E-state index is 11.4. The van der Waals surface area contributed by atoms with E-state index in [9.17, 15) is 8.42 Å². The summed E-state index contributed by atoms with van der Waals surface area (Å²) in [4.78, 5) is 2.07. The summed E-state index contributed by atoms with van der Waals surface area (Å²) in [7, 11) is -2.99. The van der Waals surface area contributed by atoms with Crippen molar-refractivity contribution in [2.75, 3.05) is 18.6 Å². The predicted octanol–water partition coefficient (Wildman–Crippen LogP) is 1.81. The summed E-state index contributed by atoms with van der Waals surface area (Å²) >= 11 is 0. The van der Waals surface area contributed by atoms with E-state index in [-0.39, 0.29) is 11.8 Å². The van der Waals surface area contributed by atoms with Gasteiger partial charge in [0.1, 0.15) is 9.84 Å². The maximum Gasteiger partial charge on any atom is 0.148 e. The van der Waals surface area contributed by atoms with Crippen molar-refractivity contribution < 1.29 is 8.42 Å². The average Bonchev–Trinajstić information content (AvgIpc) is 2.34. The van der Waals surface area contributed by atoms with Crippen LogP contribution in [-0.2, 0) is 16.4 Å². The fraction of sp³-hybridized carbons (Fsp3) is 0.500. The van der Waals surface area contributed by atoms with Crippen molar-refractivity contribution in [3.63, 3.8) is 0 Å². The van der Waals surface area contributed by atoms with Gasteiger partial charge < -0.3 is 0 Å². The first-order valence-corrected chi connectivity index (χ1v) is 8.33. The van der Waals surface area contributed by atoms with Crippen molar-refractivity contribution in [2.24, 2.45) is 0 Å². The minimum atomic E-state index is -2.99. The minimum absolute atomic E-state index is 0.0632. The van der Waals surface area contributed by atoms with Crippen LogP contribution < -0.4 is 0 Å². The maximum atomic E-state index is 11.4. The second-order valence-electron chi connectivity index (χ2n) is 4.77. The average molecular weight is 280 g/mol. The smallest absolute Gasteiger partial charge is 0.148 e. The van der Waals surface area contributed by atoms with Crippen molar-refractivity contribution >= 4 is 9.84 Å². The van der Waals surface area contributed by atoms with Crippen molar-refractivity contribution in [3.8, 4) is 6.07 Å². The summed E-state index contributed by atoms with van der Waals surface area (Å²) in [5.74, 6) is 0.134. The summed E-state index contributed by atoms with van der Waals surface area (Å²) in [6.45, 7) is 5.24. The molecule has 1 unspecified atom stereocenters. The third kappa shape index (κ3) is 5.01. The number of rotatable bonds is 6. The van der Waals surface area contributed by atoms with Crippen molar-refractivity contribution in [2.45, 2.75) is 26.4 Å². The molecule has 19 heavy (non-hydrogen) atoms. The second-order valence-corrected chi connectivity index (χ2v) is 6.96. The fourth-order valence-electron chi connectivity index (χ4n) is 2.11. The first-order chi connectivity index (χ1) is 8.87. The molecule has 0 radical (unpaired) electrons. The molecule has 0 aliphatic heterocycles. The quantitative estimate of drug-likeness (QED) is 0.797. The summed E-state index contributed by atoms with van der Waals surface area (Å²) in [6.07, 6.45) is 1.25. The lowest BCUT2D eigenvalue weighted by Gasteiger charge is -2.27. The number of hydrogen-bond acceptors (Lipinski definition) is 4. The van der Waals surface area contributed by atoms with E-state index in [1.54, 1.807) is 6.07 Å². The highest BCUT2D eigenvalue weighted by molar-refractivity contribution is 7.90. The molecule has 0 saturated carbocycles. The molecule has 0 fully saturated rings. The highest BCUT2D eigenvalue weighted by Gasteiger charge is 2.18. The molecular weight excluding hydrogens is 260 g/mol. The summed E-state index contributed by atoms with van der Waals surface area (Å²) in [5.41, 5.74) is 1.58. The molecule has 0 spiro atoms. The van der Waals surface area contributed by atoms with Gasteiger partial charge in [0, 0.05) is 18.8 Å². The Morgan fingerprint density at radius 2 is 2.00 bits per heavy atom. The van der Waals surface area contributed by atoms with Crippen LogP contribution in [0.4, 0.5) is 0 Å². The summed E-state index contributed by atoms with van der Waals surface area (Å²) in [5, 5.41) is 9.06. The van der Waals surface area contributed by atoms with Crippen LogP contribution in [0.3, 0.4) is 0 Å². The minimum Gasteiger partial charge on any atom is -0.296 e. The zero-order chi connectivity index (χ0) is 14.5. The number of benzene rings is 1. The van der Waals surface area contributed by atoms with E-state index in [0.29, 0.717) is 12.1 Å². The van der Waals surface area contributed by atoms with Crippen molar-refractivity contribution in [1.29, 1.82) is 5.26 Å². The Morgan fingerprint density at radius 3 is 2.53 bits per heavy atom. The van der Waals surface area contributed by atoms with Crippen molar-refractivity contribution in [3.05, 3.63) is 35.4 Å². The molecule has 0 heterocycles. The Bertz CT molecular complexity index is 561. The Labute approximate surface area is 115 Å². The third-order valence-electron chi connectivity index (χ3n) is 3.08. The molecule has 0 aliphatic rings. The molecule has 0 aliphatic carbocycles. The van der Waals surface area contributed by atoms with Crippen LogP contribution in [0, 0.1) is 11.3 Å². The van der Waals surface area contributed by atoms with Crippen LogP contribution in [0.5, 0.6) is 0 Å². The van der Waals surface area contributed by atoms with Crippen LogP contribution in [0.1, 0.15) is 25.0 Å². The largest absolute Gasteiger partial charge is 0.296 e. The molecule has 0 N–H and O–H groups in total. The molecule has 1 aromatic carbocycles. The molecule has 5 heteroatoms. The molecule has 1 rings (SSSR count). The van der Waals surface area contributed by atoms with E-state index in [1.807, 2.05) is 32.0 Å². The second kappa shape index (κ2) is 6.69. The lowest BCUT2D eigenvalue weighted by molar-refractivity contribution is 0.226. The van der Waals surface area contributed by atoms with E-state index in [4.69, 9.17) is 5.26 Å². The van der Waals surface area contributed by atoms with Crippen LogP contribution >= 0.6 is 0 Å². The molecule has 4 nitrogen and oxygen atoms in total. The highest BCUT2D eigenvalue weighted by atomic mass is 32.2. The van der Waals surface area contributed by atoms with Gasteiger partial charge in [0.15, 0.2) is 0 Å². The van der Waals surface area contributed by atoms with Gasteiger partial charge in [-0.05, 0) is 25.1 Å². The Morgan fingerprint density at radius 1 is 1.37 bits per heavy atom. The van der Waals surface area contributed by atoms with E-state index in [2.05, 4.69) is 11.0 Å². The van der Waals surface area contributed by atoms with Crippen molar-refractivity contribution in [1.82, 2.24) is 4.90 Å². The van der Waals surface area contributed by atoms with Crippen LogP contribution in [0.2, 0.25) is 0 Å². The fourth-order valence-corrected chi connectivity index (χ4v) is 3.20. The first-order valence-electron chi connectivity index (χ1n) is 6.27. The first kappa shape index (κ1) is 15.7. The van der Waals surface area contributed by atoms with E-state index in [0.717, 1.165) is 12.1 Å². The number of hydrogen-bond donors (Lipinski definition) is 0. The van der Waals surface area contributed by atoms with Crippen LogP contribution in [-0.4, -0.2) is 37.9 Å². The lowest BCUT2D eigenvalue weighted by atomic mass is 10.1. The molecule has 1 aromatic rings. The Kier molecular flexibility index (Phi) is 5.52. The molecule has 104 valence electrons. The normalized spacial score (nSPS) is 13.2. The predicted molar refractivity (Wildman–Crippen MR) is 76.4 cm³/mol. The third-order valence-corrected chi connectivity index (χ3v) is 4.17. The van der Waals surface area contributed by atoms with E-state index >= 15 is 0 Å². The topological polar surface area (TPSA) is 61.2 Å². The summed E-state index contributed by atoms with van der Waals surface area (Å²) in [6, 6.07) is 9.52. The van der Waals surface area contributed by atoms with E-state index in [1.165, 1.54) is 6.26 Å². The highest BCUT2D eigenvalue weighted by Crippen LogP contribution is 2.13. The lowest BCUT2D eigenvalue weighted by Crippen LogP contribution is -2.37. The SMILES string of the molecule is CCN(Cc1ccccc1C#N)C(C)CS(C)(=O)=O. The standard InChI is InChI=1S/C14H20N2O2S/c1-4-16(12(2)11-19(3,17)18)10-14-8-6-5-7-13(14)9-15/h5-8,12H,4,10-11H2,1-3H3. The van der Waals surface area contributed by atoms with Gasteiger partial charge in [-0.25, -0.2) is 8.42 Å². The molecule has 0 saturated heterocycles. The number of nitrogens with zero attached hydrogens (tertiary/aromatic N) is 2. The van der Waals surface area contributed by atoms with Gasteiger partial charge in [0.05, 0.1) is 17.4 Å². The van der Waals surface area contributed by atoms with Gasteiger partial charge in [0.25, 0.3) is 0 Å². The summed E-state index contributed by atoms with van der Waals surface area (Å²) < 4.78 is 22.7. The molecule has 0 amide bonds. The van der Waals surface area contributed by atoms with Crippen LogP contribution in [0.25, 0.3) is 0 Å². The van der Waals surface area contributed by atoms with E-state index < -0.39 is 9.84 Å². The molecule has 0 aromatic heterocycles. The van der Waals surface area contributed by atoms with Gasteiger partial charge in [-0.1, -0.05) is 25.1 Å². The Balaban J connectivity index is 2.85. The van der Waals surface area contributed by atoms with Gasteiger partial charge in [-0.2, -0.15) is 5.26 Å². The van der Waals surface area contributed by atoms with Gasteiger partial charge >= 0.3 is 0 Å². The van der Waals surface area contributed by atoms with Crippen LogP contribution in [0.15, 0.2) is 24.3 Å². The van der Waals surface area contributed by atoms with Gasteiger partial charge in [-0.3, -0.25) is 4.90 Å². The zero-order valence-electron chi connectivity index (χ0n) is 11.6. The molecule has 0 bridgehead atoms. The monoisotopic (exact) mass is 280 g/mol. The molecule has 1 atom stereocenters. The zero-order valence-corrected chi connectivity index (χ0v) is 12.4. The number of sulfone groups is 1. The Hall–Kier alpha value is -1.38. The number of nitriles is 1. The van der Waals surface area contributed by atoms with Gasteiger partial charge in [0.2, 0.25) is 0 Å². The molecular formula is C14H20N2O2S.